The summed E-state index contributed by atoms with van der Waals surface area (Å²) in [7, 11) is 1.79. The molecule has 0 heterocycles. The molecule has 1 aliphatic carbocycles. The molecule has 5 heteroatoms. The van der Waals surface area contributed by atoms with E-state index in [1.165, 1.54) is 12.8 Å². The molecule has 104 valence electrons. The van der Waals surface area contributed by atoms with Crippen LogP contribution in [-0.2, 0) is 9.59 Å². The first-order valence-electron chi connectivity index (χ1n) is 6.76. The molecule has 0 saturated heterocycles. The van der Waals surface area contributed by atoms with Gasteiger partial charge in [0, 0.05) is 19.5 Å². The van der Waals surface area contributed by atoms with Gasteiger partial charge in [-0.25, -0.2) is 0 Å². The standard InChI is InChI=1S/C13H24N2O3/c1-15(10-6-4-2-3-5-7-10)13(18)11(14)8-9-12(16)17/h10-11H,2-9,14H2,1H3,(H,16,17). The number of rotatable bonds is 5. The number of carboxylic acids is 1. The summed E-state index contributed by atoms with van der Waals surface area (Å²) < 4.78 is 0. The molecule has 1 fully saturated rings. The molecular weight excluding hydrogens is 232 g/mol. The summed E-state index contributed by atoms with van der Waals surface area (Å²) in [6.45, 7) is 0. The molecule has 1 unspecified atom stereocenters. The van der Waals surface area contributed by atoms with Gasteiger partial charge in [0.2, 0.25) is 5.91 Å². The maximum absolute atomic E-state index is 12.1. The summed E-state index contributed by atoms with van der Waals surface area (Å²) in [5.41, 5.74) is 5.76. The molecular formula is C13H24N2O3. The van der Waals surface area contributed by atoms with E-state index >= 15 is 0 Å². The Bertz CT molecular complexity index is 286. The van der Waals surface area contributed by atoms with Crippen molar-refractivity contribution in [1.29, 1.82) is 0 Å². The number of likely N-dealkylation sites (N-methyl/N-ethyl adjacent to an activating group) is 1. The van der Waals surface area contributed by atoms with Crippen molar-refractivity contribution in [2.45, 2.75) is 63.5 Å². The Hall–Kier alpha value is -1.10. The smallest absolute Gasteiger partial charge is 0.303 e. The van der Waals surface area contributed by atoms with Crippen molar-refractivity contribution in [2.24, 2.45) is 5.73 Å². The molecule has 1 aliphatic rings. The van der Waals surface area contributed by atoms with Gasteiger partial charge in [-0.15, -0.1) is 0 Å². The minimum Gasteiger partial charge on any atom is -0.481 e. The largest absolute Gasteiger partial charge is 0.481 e. The molecule has 0 aromatic heterocycles. The zero-order valence-electron chi connectivity index (χ0n) is 11.1. The summed E-state index contributed by atoms with van der Waals surface area (Å²) in [4.78, 5) is 24.3. The van der Waals surface area contributed by atoms with Crippen LogP contribution in [-0.4, -0.2) is 41.0 Å². The van der Waals surface area contributed by atoms with Gasteiger partial charge >= 0.3 is 5.97 Å². The van der Waals surface area contributed by atoms with Gasteiger partial charge in [-0.1, -0.05) is 25.7 Å². The maximum atomic E-state index is 12.1. The molecule has 1 rings (SSSR count). The van der Waals surface area contributed by atoms with Gasteiger partial charge in [0.1, 0.15) is 0 Å². The van der Waals surface area contributed by atoms with E-state index < -0.39 is 12.0 Å². The van der Waals surface area contributed by atoms with E-state index in [1.807, 2.05) is 0 Å². The first-order chi connectivity index (χ1) is 8.52. The monoisotopic (exact) mass is 256 g/mol. The van der Waals surface area contributed by atoms with E-state index in [9.17, 15) is 9.59 Å². The average Bonchev–Trinajstić information content (AvgIpc) is 2.62. The predicted octanol–water partition coefficient (Wildman–Crippen LogP) is 1.36. The van der Waals surface area contributed by atoms with Gasteiger partial charge in [-0.3, -0.25) is 9.59 Å². The highest BCUT2D eigenvalue weighted by Gasteiger charge is 2.25. The number of aliphatic carboxylic acids is 1. The Morgan fingerprint density at radius 3 is 2.33 bits per heavy atom. The molecule has 3 N–H and O–H groups in total. The topological polar surface area (TPSA) is 83.6 Å². The fraction of sp³-hybridized carbons (Fsp3) is 0.846. The number of nitrogens with two attached hydrogens (primary N) is 1. The van der Waals surface area contributed by atoms with Gasteiger partial charge in [0.05, 0.1) is 6.04 Å². The summed E-state index contributed by atoms with van der Waals surface area (Å²) >= 11 is 0. The molecule has 0 aromatic rings. The highest BCUT2D eigenvalue weighted by atomic mass is 16.4. The number of hydrogen-bond acceptors (Lipinski definition) is 3. The van der Waals surface area contributed by atoms with E-state index in [-0.39, 0.29) is 24.8 Å². The van der Waals surface area contributed by atoms with Crippen LogP contribution >= 0.6 is 0 Å². The second-order valence-electron chi connectivity index (χ2n) is 5.13. The van der Waals surface area contributed by atoms with Crippen LogP contribution in [0, 0.1) is 0 Å². The zero-order chi connectivity index (χ0) is 13.5. The van der Waals surface area contributed by atoms with Gasteiger partial charge in [-0.05, 0) is 19.3 Å². The number of carboxylic acid groups (broad SMARTS) is 1. The summed E-state index contributed by atoms with van der Waals surface area (Å²) in [5, 5.41) is 8.59. The molecule has 1 saturated carbocycles. The van der Waals surface area contributed by atoms with Crippen LogP contribution in [0.25, 0.3) is 0 Å². The van der Waals surface area contributed by atoms with Gasteiger partial charge in [0.15, 0.2) is 0 Å². The van der Waals surface area contributed by atoms with Crippen molar-refractivity contribution in [3.05, 3.63) is 0 Å². The van der Waals surface area contributed by atoms with Crippen LogP contribution in [0.4, 0.5) is 0 Å². The molecule has 0 aliphatic heterocycles. The third kappa shape index (κ3) is 4.64. The van der Waals surface area contributed by atoms with Crippen molar-refractivity contribution < 1.29 is 14.7 Å². The van der Waals surface area contributed by atoms with Gasteiger partial charge in [-0.2, -0.15) is 0 Å². The lowest BCUT2D eigenvalue weighted by Crippen LogP contribution is -2.46. The number of nitrogens with zero attached hydrogens (tertiary/aromatic N) is 1. The van der Waals surface area contributed by atoms with Crippen molar-refractivity contribution in [2.75, 3.05) is 7.05 Å². The average molecular weight is 256 g/mol. The third-order valence-corrected chi connectivity index (χ3v) is 3.71. The van der Waals surface area contributed by atoms with Gasteiger partial charge < -0.3 is 15.7 Å². The number of amides is 1. The Kier molecular flexibility index (Phi) is 6.12. The molecule has 18 heavy (non-hydrogen) atoms. The third-order valence-electron chi connectivity index (χ3n) is 3.71. The highest BCUT2D eigenvalue weighted by molar-refractivity contribution is 5.82. The van der Waals surface area contributed by atoms with E-state index in [2.05, 4.69) is 0 Å². The fourth-order valence-corrected chi connectivity index (χ4v) is 2.49. The summed E-state index contributed by atoms with van der Waals surface area (Å²) in [5.74, 6) is -1.03. The number of carbonyl (C=O) groups is 2. The normalized spacial score (nSPS) is 19.0. The predicted molar refractivity (Wildman–Crippen MR) is 69.1 cm³/mol. The highest BCUT2D eigenvalue weighted by Crippen LogP contribution is 2.21. The molecule has 0 bridgehead atoms. The van der Waals surface area contributed by atoms with Crippen LogP contribution in [0.1, 0.15) is 51.4 Å². The summed E-state index contributed by atoms with van der Waals surface area (Å²) in [6, 6.07) is -0.412. The lowest BCUT2D eigenvalue weighted by Gasteiger charge is -2.29. The number of hydrogen-bond donors (Lipinski definition) is 2. The van der Waals surface area contributed by atoms with Crippen LogP contribution in [0.5, 0.6) is 0 Å². The quantitative estimate of drug-likeness (QED) is 0.727. The first kappa shape index (κ1) is 15.0. The Labute approximate surface area is 108 Å². The summed E-state index contributed by atoms with van der Waals surface area (Å²) in [6.07, 6.45) is 7.03. The lowest BCUT2D eigenvalue weighted by molar-refractivity contribution is -0.137. The second kappa shape index (κ2) is 7.36. The van der Waals surface area contributed by atoms with E-state index in [0.717, 1.165) is 25.7 Å². The lowest BCUT2D eigenvalue weighted by atomic mass is 10.1. The Morgan fingerprint density at radius 2 is 1.83 bits per heavy atom. The van der Waals surface area contributed by atoms with E-state index in [4.69, 9.17) is 10.8 Å². The van der Waals surface area contributed by atoms with Crippen LogP contribution in [0.15, 0.2) is 0 Å². The van der Waals surface area contributed by atoms with Gasteiger partial charge in [0.25, 0.3) is 0 Å². The minimum absolute atomic E-state index is 0.0502. The Balaban J connectivity index is 2.45. The van der Waals surface area contributed by atoms with E-state index in [0.29, 0.717) is 0 Å². The molecule has 5 nitrogen and oxygen atoms in total. The van der Waals surface area contributed by atoms with Crippen LogP contribution < -0.4 is 5.73 Å². The minimum atomic E-state index is -0.907. The number of carbonyl (C=O) groups excluding carboxylic acids is 1. The van der Waals surface area contributed by atoms with Crippen LogP contribution in [0.3, 0.4) is 0 Å². The van der Waals surface area contributed by atoms with Crippen LogP contribution in [0.2, 0.25) is 0 Å². The van der Waals surface area contributed by atoms with Crippen molar-refractivity contribution in [3.63, 3.8) is 0 Å². The van der Waals surface area contributed by atoms with Crippen molar-refractivity contribution >= 4 is 11.9 Å². The maximum Gasteiger partial charge on any atom is 0.303 e. The Morgan fingerprint density at radius 1 is 1.28 bits per heavy atom. The molecule has 0 aromatic carbocycles. The first-order valence-corrected chi connectivity index (χ1v) is 6.76. The molecule has 1 amide bonds. The molecule has 0 spiro atoms. The molecule has 1 atom stereocenters. The molecule has 0 radical (unpaired) electrons. The fourth-order valence-electron chi connectivity index (χ4n) is 2.49. The second-order valence-corrected chi connectivity index (χ2v) is 5.13. The van der Waals surface area contributed by atoms with Crippen molar-refractivity contribution in [3.8, 4) is 0 Å². The SMILES string of the molecule is CN(C(=O)C(N)CCC(=O)O)C1CCCCCC1. The van der Waals surface area contributed by atoms with Crippen molar-refractivity contribution in [1.82, 2.24) is 4.90 Å². The van der Waals surface area contributed by atoms with E-state index in [1.54, 1.807) is 11.9 Å². The zero-order valence-corrected chi connectivity index (χ0v) is 11.1.